The van der Waals surface area contributed by atoms with Crippen LogP contribution >= 0.6 is 24.0 Å². The summed E-state index contributed by atoms with van der Waals surface area (Å²) in [6.45, 7) is 6.98. The third-order valence-corrected chi connectivity index (χ3v) is 5.82. The second-order valence-corrected chi connectivity index (χ2v) is 7.47. The SMILES string of the molecule is CN=C(NCCCc1c[nH]c2ccccc12)N1CCC(N2CCOCC2)C1.I. The number of guanidine groups is 1. The quantitative estimate of drug-likeness (QED) is 0.289. The Morgan fingerprint density at radius 1 is 1.25 bits per heavy atom. The number of hydrogen-bond acceptors (Lipinski definition) is 3. The van der Waals surface area contributed by atoms with Gasteiger partial charge in [-0.05, 0) is 30.9 Å². The van der Waals surface area contributed by atoms with Crippen LogP contribution in [0.5, 0.6) is 0 Å². The minimum absolute atomic E-state index is 0. The van der Waals surface area contributed by atoms with Crippen LogP contribution in [0.15, 0.2) is 35.5 Å². The van der Waals surface area contributed by atoms with E-state index < -0.39 is 0 Å². The van der Waals surface area contributed by atoms with Crippen LogP contribution in [0.1, 0.15) is 18.4 Å². The van der Waals surface area contributed by atoms with Crippen molar-refractivity contribution in [2.45, 2.75) is 25.3 Å². The molecule has 0 saturated carbocycles. The minimum Gasteiger partial charge on any atom is -0.379 e. The fraction of sp³-hybridized carbons (Fsp3) is 0.571. The molecule has 154 valence electrons. The number of hydrogen-bond donors (Lipinski definition) is 2. The first-order valence-corrected chi connectivity index (χ1v) is 10.2. The number of aromatic amines is 1. The van der Waals surface area contributed by atoms with Crippen molar-refractivity contribution in [2.75, 3.05) is 53.0 Å². The molecule has 0 amide bonds. The normalized spacial score (nSPS) is 21.1. The average Bonchev–Trinajstić information content (AvgIpc) is 3.36. The van der Waals surface area contributed by atoms with Crippen LogP contribution in [-0.4, -0.2) is 79.8 Å². The number of likely N-dealkylation sites (tertiary alicyclic amines) is 1. The molecule has 3 heterocycles. The van der Waals surface area contributed by atoms with Crippen LogP contribution in [-0.2, 0) is 11.2 Å². The lowest BCUT2D eigenvalue weighted by Crippen LogP contribution is -2.46. The number of H-pyrrole nitrogens is 1. The smallest absolute Gasteiger partial charge is 0.193 e. The summed E-state index contributed by atoms with van der Waals surface area (Å²) in [6.07, 6.45) is 5.54. The van der Waals surface area contributed by atoms with Crippen molar-refractivity contribution in [1.29, 1.82) is 0 Å². The van der Waals surface area contributed by atoms with Crippen molar-refractivity contribution in [3.63, 3.8) is 0 Å². The van der Waals surface area contributed by atoms with E-state index in [1.54, 1.807) is 0 Å². The average molecular weight is 497 g/mol. The first-order chi connectivity index (χ1) is 13.3. The molecule has 28 heavy (non-hydrogen) atoms. The first-order valence-electron chi connectivity index (χ1n) is 10.2. The molecule has 2 aromatic rings. The number of ether oxygens (including phenoxy) is 1. The van der Waals surface area contributed by atoms with Gasteiger partial charge in [0.05, 0.1) is 13.2 Å². The monoisotopic (exact) mass is 497 g/mol. The van der Waals surface area contributed by atoms with Gasteiger partial charge >= 0.3 is 0 Å². The van der Waals surface area contributed by atoms with Gasteiger partial charge in [0, 0.05) is 62.9 Å². The van der Waals surface area contributed by atoms with Crippen molar-refractivity contribution >= 4 is 40.8 Å². The number of aromatic nitrogens is 1. The van der Waals surface area contributed by atoms with Gasteiger partial charge in [0.2, 0.25) is 0 Å². The summed E-state index contributed by atoms with van der Waals surface area (Å²) in [5, 5.41) is 4.91. The van der Waals surface area contributed by atoms with Crippen LogP contribution in [0.4, 0.5) is 0 Å². The van der Waals surface area contributed by atoms with E-state index in [0.29, 0.717) is 6.04 Å². The van der Waals surface area contributed by atoms with Gasteiger partial charge in [0.1, 0.15) is 0 Å². The molecule has 4 rings (SSSR count). The number of aryl methyl sites for hydroxylation is 1. The van der Waals surface area contributed by atoms with E-state index >= 15 is 0 Å². The summed E-state index contributed by atoms with van der Waals surface area (Å²) in [6, 6.07) is 9.16. The Kier molecular flexibility index (Phi) is 7.99. The van der Waals surface area contributed by atoms with Crippen LogP contribution in [0.25, 0.3) is 10.9 Å². The highest BCUT2D eigenvalue weighted by atomic mass is 127. The number of nitrogens with one attached hydrogen (secondary N) is 2. The molecule has 1 atom stereocenters. The van der Waals surface area contributed by atoms with Crippen molar-refractivity contribution < 1.29 is 4.74 Å². The second kappa shape index (κ2) is 10.5. The summed E-state index contributed by atoms with van der Waals surface area (Å²) >= 11 is 0. The molecule has 2 fully saturated rings. The number of fused-ring (bicyclic) bond motifs is 1. The van der Waals surface area contributed by atoms with E-state index in [0.717, 1.165) is 64.7 Å². The van der Waals surface area contributed by atoms with Crippen LogP contribution in [0.3, 0.4) is 0 Å². The predicted octanol–water partition coefficient (Wildman–Crippen LogP) is 2.70. The molecule has 2 aliphatic heterocycles. The Bertz CT molecular complexity index is 771. The highest BCUT2D eigenvalue weighted by molar-refractivity contribution is 14.0. The highest BCUT2D eigenvalue weighted by Gasteiger charge is 2.30. The fourth-order valence-electron chi connectivity index (χ4n) is 4.32. The molecule has 2 aliphatic rings. The Morgan fingerprint density at radius 3 is 2.89 bits per heavy atom. The predicted molar refractivity (Wildman–Crippen MR) is 126 cm³/mol. The van der Waals surface area contributed by atoms with E-state index in [1.165, 1.54) is 22.9 Å². The van der Waals surface area contributed by atoms with E-state index in [4.69, 9.17) is 4.74 Å². The van der Waals surface area contributed by atoms with Crippen LogP contribution in [0, 0.1) is 0 Å². The number of para-hydroxylation sites is 1. The van der Waals surface area contributed by atoms with Gasteiger partial charge in [-0.3, -0.25) is 9.89 Å². The maximum absolute atomic E-state index is 5.48. The highest BCUT2D eigenvalue weighted by Crippen LogP contribution is 2.19. The van der Waals surface area contributed by atoms with Crippen molar-refractivity contribution in [1.82, 2.24) is 20.1 Å². The van der Waals surface area contributed by atoms with Crippen molar-refractivity contribution in [3.8, 4) is 0 Å². The number of rotatable bonds is 5. The molecule has 0 bridgehead atoms. The van der Waals surface area contributed by atoms with E-state index in [9.17, 15) is 0 Å². The Hall–Kier alpha value is -1.32. The largest absolute Gasteiger partial charge is 0.379 e. The number of aliphatic imine (C=N–C) groups is 1. The first kappa shape index (κ1) is 21.4. The standard InChI is InChI=1S/C21H31N5O.HI/c1-22-21(26-10-8-18(16-26)25-11-13-27-14-12-25)23-9-4-5-17-15-24-20-7-3-2-6-19(17)20;/h2-3,6-7,15,18,24H,4-5,8-14,16H2,1H3,(H,22,23);1H. The zero-order valence-electron chi connectivity index (χ0n) is 16.7. The van der Waals surface area contributed by atoms with Crippen molar-refractivity contribution in [2.24, 2.45) is 4.99 Å². The summed E-state index contributed by atoms with van der Waals surface area (Å²) in [5.41, 5.74) is 2.62. The van der Waals surface area contributed by atoms with E-state index in [-0.39, 0.29) is 24.0 Å². The van der Waals surface area contributed by atoms with Gasteiger partial charge in [0.25, 0.3) is 0 Å². The molecule has 2 saturated heterocycles. The molecule has 2 N–H and O–H groups in total. The summed E-state index contributed by atoms with van der Waals surface area (Å²) in [5.74, 6) is 1.05. The topological polar surface area (TPSA) is 55.9 Å². The van der Waals surface area contributed by atoms with Gasteiger partial charge < -0.3 is 19.9 Å². The maximum atomic E-state index is 5.48. The summed E-state index contributed by atoms with van der Waals surface area (Å²) in [4.78, 5) is 12.9. The number of benzene rings is 1. The Balaban J connectivity index is 0.00000225. The zero-order chi connectivity index (χ0) is 18.5. The molecule has 0 radical (unpaired) electrons. The third-order valence-electron chi connectivity index (χ3n) is 5.82. The Labute approximate surface area is 184 Å². The zero-order valence-corrected chi connectivity index (χ0v) is 19.0. The lowest BCUT2D eigenvalue weighted by Gasteiger charge is -2.32. The van der Waals surface area contributed by atoms with Crippen LogP contribution < -0.4 is 5.32 Å². The van der Waals surface area contributed by atoms with E-state index in [2.05, 4.69) is 55.6 Å². The van der Waals surface area contributed by atoms with Crippen LogP contribution in [0.2, 0.25) is 0 Å². The molecule has 7 heteroatoms. The van der Waals surface area contributed by atoms with E-state index in [1.807, 2.05) is 7.05 Å². The lowest BCUT2D eigenvalue weighted by atomic mass is 10.1. The molecular formula is C21H32IN5O. The van der Waals surface area contributed by atoms with Gasteiger partial charge in [0.15, 0.2) is 5.96 Å². The number of nitrogens with zero attached hydrogens (tertiary/aromatic N) is 3. The molecule has 1 aromatic carbocycles. The van der Waals surface area contributed by atoms with Gasteiger partial charge in [-0.2, -0.15) is 0 Å². The molecule has 0 spiro atoms. The van der Waals surface area contributed by atoms with Crippen molar-refractivity contribution in [3.05, 3.63) is 36.0 Å². The Morgan fingerprint density at radius 2 is 2.07 bits per heavy atom. The fourth-order valence-corrected chi connectivity index (χ4v) is 4.32. The maximum Gasteiger partial charge on any atom is 0.193 e. The lowest BCUT2D eigenvalue weighted by molar-refractivity contribution is 0.0195. The molecular weight excluding hydrogens is 465 g/mol. The number of halogens is 1. The molecule has 0 aliphatic carbocycles. The van der Waals surface area contributed by atoms with Gasteiger partial charge in [-0.15, -0.1) is 24.0 Å². The summed E-state index contributed by atoms with van der Waals surface area (Å²) in [7, 11) is 1.89. The molecule has 6 nitrogen and oxygen atoms in total. The van der Waals surface area contributed by atoms with Gasteiger partial charge in [-0.25, -0.2) is 0 Å². The molecule has 1 aromatic heterocycles. The van der Waals surface area contributed by atoms with Gasteiger partial charge in [-0.1, -0.05) is 18.2 Å². The molecule has 1 unspecified atom stereocenters. The number of morpholine rings is 1. The second-order valence-electron chi connectivity index (χ2n) is 7.47. The third kappa shape index (κ3) is 4.99. The summed E-state index contributed by atoms with van der Waals surface area (Å²) < 4.78 is 5.48. The minimum atomic E-state index is 0.